The summed E-state index contributed by atoms with van der Waals surface area (Å²) in [5.41, 5.74) is 0.644. The molecule has 1 heterocycles. The molecule has 1 aromatic carbocycles. The number of nitrogens with one attached hydrogen (secondary N) is 2. The predicted molar refractivity (Wildman–Crippen MR) is 90.7 cm³/mol. The van der Waals surface area contributed by atoms with Gasteiger partial charge < -0.3 is 15.4 Å². The van der Waals surface area contributed by atoms with Crippen LogP contribution in [0.15, 0.2) is 24.3 Å². The quantitative estimate of drug-likeness (QED) is 0.800. The molecule has 2 rings (SSSR count). The summed E-state index contributed by atoms with van der Waals surface area (Å²) in [6.07, 6.45) is 0. The second kappa shape index (κ2) is 7.76. The van der Waals surface area contributed by atoms with Gasteiger partial charge in [-0.05, 0) is 44.2 Å². The molecule has 8 heteroatoms. The fourth-order valence-electron chi connectivity index (χ4n) is 2.11. The third kappa shape index (κ3) is 5.22. The number of carbonyl (C=O) groups is 1. The van der Waals surface area contributed by atoms with Gasteiger partial charge in [-0.1, -0.05) is 23.3 Å². The van der Waals surface area contributed by atoms with Gasteiger partial charge in [0.15, 0.2) is 6.61 Å². The molecule has 0 radical (unpaired) electrons. The molecule has 0 saturated heterocycles. The fourth-order valence-corrected chi connectivity index (χ4v) is 2.11. The van der Waals surface area contributed by atoms with Crippen molar-refractivity contribution in [2.24, 2.45) is 0 Å². The van der Waals surface area contributed by atoms with E-state index in [0.29, 0.717) is 24.8 Å². The largest absolute Gasteiger partial charge is 0.483 e. The van der Waals surface area contributed by atoms with Crippen molar-refractivity contribution >= 4 is 11.9 Å². The second-order valence-electron chi connectivity index (χ2n) is 6.37. The lowest BCUT2D eigenvalue weighted by molar-refractivity contribution is -0.124. The number of aryl methyl sites for hydroxylation is 1. The monoisotopic (exact) mass is 332 g/mol. The minimum Gasteiger partial charge on any atom is -0.483 e. The number of nitrogens with zero attached hydrogens (tertiary/aromatic N) is 4. The van der Waals surface area contributed by atoms with Gasteiger partial charge in [0.2, 0.25) is 5.95 Å². The summed E-state index contributed by atoms with van der Waals surface area (Å²) in [6, 6.07) is 7.56. The van der Waals surface area contributed by atoms with Gasteiger partial charge >= 0.3 is 0 Å². The Hall–Kier alpha value is -2.64. The first-order valence-electron chi connectivity index (χ1n) is 7.91. The van der Waals surface area contributed by atoms with Crippen LogP contribution >= 0.6 is 0 Å². The van der Waals surface area contributed by atoms with E-state index in [1.807, 2.05) is 52.0 Å². The van der Waals surface area contributed by atoms with Crippen molar-refractivity contribution < 1.29 is 9.53 Å². The number of hydrogen-bond donors (Lipinski definition) is 2. The smallest absolute Gasteiger partial charge is 0.258 e. The maximum absolute atomic E-state index is 11.9. The molecule has 130 valence electrons. The van der Waals surface area contributed by atoms with Crippen LogP contribution in [0.2, 0.25) is 0 Å². The molecule has 8 nitrogen and oxygen atoms in total. The fraction of sp³-hybridized carbons (Fsp3) is 0.500. The standard InChI is InChI=1S/C16H24N6O2/c1-5-22-15(19-20-21-22)17-10-12-8-6-7-9-13(12)24-11-14(23)18-16(2,3)4/h6-9H,5,10-11H2,1-4H3,(H,18,23)(H,17,19,21). The molecule has 2 aromatic rings. The summed E-state index contributed by atoms with van der Waals surface area (Å²) in [7, 11) is 0. The third-order valence-corrected chi connectivity index (χ3v) is 3.11. The molecule has 0 spiro atoms. The molecule has 0 fully saturated rings. The van der Waals surface area contributed by atoms with Crippen LogP contribution in [0.4, 0.5) is 5.95 Å². The average Bonchev–Trinajstić information content (AvgIpc) is 2.97. The lowest BCUT2D eigenvalue weighted by atomic mass is 10.1. The van der Waals surface area contributed by atoms with E-state index in [2.05, 4.69) is 26.2 Å². The SMILES string of the molecule is CCn1nnnc1NCc1ccccc1OCC(=O)NC(C)(C)C. The molecule has 1 aromatic heterocycles. The Balaban J connectivity index is 1.96. The zero-order chi connectivity index (χ0) is 17.6. The highest BCUT2D eigenvalue weighted by molar-refractivity contribution is 5.78. The van der Waals surface area contributed by atoms with Gasteiger partial charge in [0.1, 0.15) is 5.75 Å². The Labute approximate surface area is 141 Å². The zero-order valence-electron chi connectivity index (χ0n) is 14.5. The number of anilines is 1. The zero-order valence-corrected chi connectivity index (χ0v) is 14.5. The van der Waals surface area contributed by atoms with Crippen molar-refractivity contribution in [3.05, 3.63) is 29.8 Å². The van der Waals surface area contributed by atoms with Crippen molar-refractivity contribution in [1.29, 1.82) is 0 Å². The highest BCUT2D eigenvalue weighted by atomic mass is 16.5. The Morgan fingerprint density at radius 3 is 2.75 bits per heavy atom. The van der Waals surface area contributed by atoms with E-state index in [1.165, 1.54) is 0 Å². The lowest BCUT2D eigenvalue weighted by Gasteiger charge is -2.20. The first-order chi connectivity index (χ1) is 11.4. The predicted octanol–water partition coefficient (Wildman–Crippen LogP) is 1.60. The maximum Gasteiger partial charge on any atom is 0.258 e. The van der Waals surface area contributed by atoms with Crippen LogP contribution in [-0.2, 0) is 17.9 Å². The van der Waals surface area contributed by atoms with E-state index in [1.54, 1.807) is 4.68 Å². The summed E-state index contributed by atoms with van der Waals surface area (Å²) in [5.74, 6) is 1.10. The molecule has 0 unspecified atom stereocenters. The van der Waals surface area contributed by atoms with E-state index in [0.717, 1.165) is 5.56 Å². The van der Waals surface area contributed by atoms with Crippen molar-refractivity contribution in [2.45, 2.75) is 46.3 Å². The number of para-hydroxylation sites is 1. The number of hydrogen-bond acceptors (Lipinski definition) is 6. The molecule has 2 N–H and O–H groups in total. The molecule has 0 bridgehead atoms. The number of amides is 1. The molecule has 0 saturated carbocycles. The number of rotatable bonds is 7. The van der Waals surface area contributed by atoms with Crippen molar-refractivity contribution in [2.75, 3.05) is 11.9 Å². The normalized spacial score (nSPS) is 11.2. The lowest BCUT2D eigenvalue weighted by Crippen LogP contribution is -2.43. The molecule has 1 amide bonds. The number of benzene rings is 1. The molecule has 0 aliphatic heterocycles. The Bertz CT molecular complexity index is 677. The van der Waals surface area contributed by atoms with E-state index in [9.17, 15) is 4.79 Å². The van der Waals surface area contributed by atoms with Gasteiger partial charge in [0, 0.05) is 24.2 Å². The first-order valence-corrected chi connectivity index (χ1v) is 7.91. The topological polar surface area (TPSA) is 94.0 Å². The van der Waals surface area contributed by atoms with Gasteiger partial charge in [-0.2, -0.15) is 0 Å². The molecule has 0 aliphatic rings. The minimum atomic E-state index is -0.279. The van der Waals surface area contributed by atoms with Crippen LogP contribution in [0, 0.1) is 0 Å². The third-order valence-electron chi connectivity index (χ3n) is 3.11. The molecule has 0 aliphatic carbocycles. The van der Waals surface area contributed by atoms with Gasteiger partial charge in [0.05, 0.1) is 0 Å². The Morgan fingerprint density at radius 2 is 2.04 bits per heavy atom. The average molecular weight is 332 g/mol. The van der Waals surface area contributed by atoms with E-state index in [4.69, 9.17) is 4.74 Å². The van der Waals surface area contributed by atoms with Crippen LogP contribution in [0.3, 0.4) is 0 Å². The van der Waals surface area contributed by atoms with Crippen LogP contribution in [-0.4, -0.2) is 38.3 Å². The number of tetrazole rings is 1. The Kier molecular flexibility index (Phi) is 5.73. The second-order valence-corrected chi connectivity index (χ2v) is 6.37. The van der Waals surface area contributed by atoms with Crippen molar-refractivity contribution in [3.63, 3.8) is 0 Å². The molecule has 0 atom stereocenters. The number of ether oxygens (including phenoxy) is 1. The first kappa shape index (κ1) is 17.7. The van der Waals surface area contributed by atoms with Crippen molar-refractivity contribution in [3.8, 4) is 5.75 Å². The van der Waals surface area contributed by atoms with Crippen LogP contribution in [0.5, 0.6) is 5.75 Å². The molecular weight excluding hydrogens is 308 g/mol. The van der Waals surface area contributed by atoms with Gasteiger partial charge in [-0.3, -0.25) is 4.79 Å². The van der Waals surface area contributed by atoms with Crippen LogP contribution < -0.4 is 15.4 Å². The van der Waals surface area contributed by atoms with Gasteiger partial charge in [-0.25, -0.2) is 4.68 Å². The summed E-state index contributed by atoms with van der Waals surface area (Å²) in [5, 5.41) is 17.5. The van der Waals surface area contributed by atoms with Crippen molar-refractivity contribution in [1.82, 2.24) is 25.5 Å². The summed E-state index contributed by atoms with van der Waals surface area (Å²) >= 11 is 0. The van der Waals surface area contributed by atoms with Gasteiger partial charge in [0.25, 0.3) is 5.91 Å². The van der Waals surface area contributed by atoms with Crippen LogP contribution in [0.1, 0.15) is 33.3 Å². The summed E-state index contributed by atoms with van der Waals surface area (Å²) in [4.78, 5) is 11.9. The van der Waals surface area contributed by atoms with Gasteiger partial charge in [-0.15, -0.1) is 0 Å². The summed E-state index contributed by atoms with van der Waals surface area (Å²) < 4.78 is 7.33. The number of carbonyl (C=O) groups excluding carboxylic acids is 1. The molecular formula is C16H24N6O2. The van der Waals surface area contributed by atoms with E-state index in [-0.39, 0.29) is 18.1 Å². The highest BCUT2D eigenvalue weighted by Crippen LogP contribution is 2.19. The minimum absolute atomic E-state index is 0.0268. The van der Waals surface area contributed by atoms with E-state index < -0.39 is 0 Å². The molecule has 24 heavy (non-hydrogen) atoms. The number of aromatic nitrogens is 4. The summed E-state index contributed by atoms with van der Waals surface area (Å²) in [6.45, 7) is 8.91. The van der Waals surface area contributed by atoms with E-state index >= 15 is 0 Å². The Morgan fingerprint density at radius 1 is 1.29 bits per heavy atom. The maximum atomic E-state index is 11.9. The highest BCUT2D eigenvalue weighted by Gasteiger charge is 2.14. The van der Waals surface area contributed by atoms with Crippen LogP contribution in [0.25, 0.3) is 0 Å².